The number of ether oxygens (including phenoxy) is 1. The molecule has 1 aliphatic carbocycles. The van der Waals surface area contributed by atoms with Gasteiger partial charge in [-0.05, 0) is 50.1 Å². The molecule has 1 aromatic rings. The molecule has 0 spiro atoms. The minimum atomic E-state index is -0.169. The maximum absolute atomic E-state index is 6.45. The van der Waals surface area contributed by atoms with Gasteiger partial charge >= 0.3 is 0 Å². The van der Waals surface area contributed by atoms with Crippen molar-refractivity contribution in [3.63, 3.8) is 0 Å². The van der Waals surface area contributed by atoms with Crippen LogP contribution in [0, 0.1) is 0 Å². The first-order valence-corrected chi connectivity index (χ1v) is 8.71. The third-order valence-corrected chi connectivity index (χ3v) is 4.91. The lowest BCUT2D eigenvalue weighted by Crippen LogP contribution is -2.47. The van der Waals surface area contributed by atoms with Crippen LogP contribution in [0.3, 0.4) is 0 Å². The van der Waals surface area contributed by atoms with Crippen LogP contribution in [0.4, 0.5) is 0 Å². The van der Waals surface area contributed by atoms with Gasteiger partial charge in [0.1, 0.15) is 0 Å². The molecule has 2 rings (SSSR count). The van der Waals surface area contributed by atoms with Crippen molar-refractivity contribution >= 4 is 23.2 Å². The molecule has 0 amide bonds. The zero-order chi connectivity index (χ0) is 15.3. The second-order valence-electron chi connectivity index (χ2n) is 5.71. The Bertz CT molecular complexity index is 453. The first-order valence-electron chi connectivity index (χ1n) is 7.95. The molecule has 0 aromatic heterocycles. The van der Waals surface area contributed by atoms with Gasteiger partial charge in [-0.3, -0.25) is 0 Å². The van der Waals surface area contributed by atoms with Crippen LogP contribution in [0.5, 0.6) is 0 Å². The molecule has 1 atom stereocenters. The lowest BCUT2D eigenvalue weighted by atomic mass is 9.76. The first-order chi connectivity index (χ1) is 10.1. The zero-order valence-electron chi connectivity index (χ0n) is 12.9. The van der Waals surface area contributed by atoms with Crippen LogP contribution in [0.1, 0.15) is 57.6 Å². The number of hydrogen-bond acceptors (Lipinski definition) is 2. The van der Waals surface area contributed by atoms with E-state index in [9.17, 15) is 0 Å². The van der Waals surface area contributed by atoms with Crippen LogP contribution >= 0.6 is 23.2 Å². The molecule has 0 bridgehead atoms. The molecule has 1 fully saturated rings. The third kappa shape index (κ3) is 3.92. The second-order valence-corrected chi connectivity index (χ2v) is 6.56. The first kappa shape index (κ1) is 17.1. The predicted molar refractivity (Wildman–Crippen MR) is 90.3 cm³/mol. The van der Waals surface area contributed by atoms with Gasteiger partial charge in [-0.1, -0.05) is 49.4 Å². The summed E-state index contributed by atoms with van der Waals surface area (Å²) in [6.07, 6.45) is 5.85. The number of rotatable bonds is 6. The van der Waals surface area contributed by atoms with E-state index in [1.165, 1.54) is 19.3 Å². The van der Waals surface area contributed by atoms with Crippen molar-refractivity contribution in [3.8, 4) is 0 Å². The minimum Gasteiger partial charge on any atom is -0.373 e. The zero-order valence-corrected chi connectivity index (χ0v) is 14.4. The van der Waals surface area contributed by atoms with Crippen molar-refractivity contribution in [3.05, 3.63) is 33.8 Å². The number of nitrogens with one attached hydrogen (secondary N) is 1. The Labute approximate surface area is 138 Å². The highest BCUT2D eigenvalue weighted by Crippen LogP contribution is 2.43. The average Bonchev–Trinajstić information content (AvgIpc) is 2.49. The van der Waals surface area contributed by atoms with E-state index in [0.717, 1.165) is 41.6 Å². The van der Waals surface area contributed by atoms with E-state index in [0.29, 0.717) is 0 Å². The molecule has 2 nitrogen and oxygen atoms in total. The summed E-state index contributed by atoms with van der Waals surface area (Å²) in [6.45, 7) is 5.79. The Hall–Kier alpha value is -0.280. The SMILES string of the molecule is CCNC(c1cc(Cl)ccc1Cl)C1(OCC)CCCCC1. The molecule has 1 unspecified atom stereocenters. The van der Waals surface area contributed by atoms with Gasteiger partial charge < -0.3 is 10.1 Å². The predicted octanol–water partition coefficient (Wildman–Crippen LogP) is 5.38. The Morgan fingerprint density at radius 2 is 1.90 bits per heavy atom. The van der Waals surface area contributed by atoms with Crippen molar-refractivity contribution < 1.29 is 4.74 Å². The van der Waals surface area contributed by atoms with Crippen LogP contribution in [0.25, 0.3) is 0 Å². The van der Waals surface area contributed by atoms with E-state index in [1.807, 2.05) is 18.2 Å². The van der Waals surface area contributed by atoms with E-state index in [2.05, 4.69) is 19.2 Å². The molecule has 4 heteroatoms. The highest BCUT2D eigenvalue weighted by molar-refractivity contribution is 6.33. The quantitative estimate of drug-likeness (QED) is 0.756. The molecule has 0 aliphatic heterocycles. The summed E-state index contributed by atoms with van der Waals surface area (Å²) in [6, 6.07) is 5.79. The number of halogens is 2. The highest BCUT2D eigenvalue weighted by Gasteiger charge is 2.41. The second kappa shape index (κ2) is 7.82. The molecule has 1 aliphatic rings. The van der Waals surface area contributed by atoms with E-state index in [1.54, 1.807) is 0 Å². The van der Waals surface area contributed by atoms with Crippen molar-refractivity contribution in [2.75, 3.05) is 13.2 Å². The van der Waals surface area contributed by atoms with Gasteiger partial charge in [0, 0.05) is 16.7 Å². The van der Waals surface area contributed by atoms with Crippen LogP contribution in [-0.2, 0) is 4.74 Å². The Morgan fingerprint density at radius 1 is 1.19 bits per heavy atom. The van der Waals surface area contributed by atoms with Gasteiger partial charge in [-0.2, -0.15) is 0 Å². The molecular weight excluding hydrogens is 305 g/mol. The summed E-state index contributed by atoms with van der Waals surface area (Å²) in [4.78, 5) is 0. The fourth-order valence-corrected chi connectivity index (χ4v) is 3.88. The molecule has 1 saturated carbocycles. The lowest BCUT2D eigenvalue weighted by Gasteiger charge is -2.44. The van der Waals surface area contributed by atoms with Crippen LogP contribution in [0.2, 0.25) is 10.0 Å². The maximum Gasteiger partial charge on any atom is 0.0876 e. The topological polar surface area (TPSA) is 21.3 Å². The van der Waals surface area contributed by atoms with Crippen molar-refractivity contribution in [1.29, 1.82) is 0 Å². The van der Waals surface area contributed by atoms with Gasteiger partial charge in [0.25, 0.3) is 0 Å². The Balaban J connectivity index is 2.41. The van der Waals surface area contributed by atoms with E-state index >= 15 is 0 Å². The molecule has 21 heavy (non-hydrogen) atoms. The Morgan fingerprint density at radius 3 is 2.52 bits per heavy atom. The van der Waals surface area contributed by atoms with Crippen molar-refractivity contribution in [2.24, 2.45) is 0 Å². The van der Waals surface area contributed by atoms with Gasteiger partial charge in [0.2, 0.25) is 0 Å². The van der Waals surface area contributed by atoms with Gasteiger partial charge in [0.15, 0.2) is 0 Å². The summed E-state index contributed by atoms with van der Waals surface area (Å²) in [5.74, 6) is 0. The van der Waals surface area contributed by atoms with E-state index in [4.69, 9.17) is 27.9 Å². The van der Waals surface area contributed by atoms with Crippen molar-refractivity contribution in [2.45, 2.75) is 57.6 Å². The molecule has 118 valence electrons. The lowest BCUT2D eigenvalue weighted by molar-refractivity contribution is -0.0909. The summed E-state index contributed by atoms with van der Waals surface area (Å²) < 4.78 is 6.27. The molecule has 0 radical (unpaired) electrons. The number of benzene rings is 1. The summed E-state index contributed by atoms with van der Waals surface area (Å²) in [7, 11) is 0. The van der Waals surface area contributed by atoms with Gasteiger partial charge in [-0.15, -0.1) is 0 Å². The van der Waals surface area contributed by atoms with Crippen LogP contribution in [0.15, 0.2) is 18.2 Å². The maximum atomic E-state index is 6.45. The largest absolute Gasteiger partial charge is 0.373 e. The molecule has 0 saturated heterocycles. The smallest absolute Gasteiger partial charge is 0.0876 e. The Kier molecular flexibility index (Phi) is 6.36. The third-order valence-electron chi connectivity index (χ3n) is 4.34. The van der Waals surface area contributed by atoms with E-state index in [-0.39, 0.29) is 11.6 Å². The van der Waals surface area contributed by atoms with Crippen molar-refractivity contribution in [1.82, 2.24) is 5.32 Å². The minimum absolute atomic E-state index is 0.0916. The molecule has 1 aromatic carbocycles. The summed E-state index contributed by atoms with van der Waals surface area (Å²) in [5.41, 5.74) is 0.888. The fraction of sp³-hybridized carbons (Fsp3) is 0.647. The number of likely N-dealkylation sites (N-methyl/N-ethyl adjacent to an activating group) is 1. The van der Waals surface area contributed by atoms with Crippen LogP contribution < -0.4 is 5.32 Å². The number of hydrogen-bond donors (Lipinski definition) is 1. The molecule has 0 heterocycles. The molecule has 1 N–H and O–H groups in total. The van der Waals surface area contributed by atoms with E-state index < -0.39 is 0 Å². The van der Waals surface area contributed by atoms with Gasteiger partial charge in [-0.25, -0.2) is 0 Å². The summed E-state index contributed by atoms with van der Waals surface area (Å²) in [5, 5.41) is 5.08. The van der Waals surface area contributed by atoms with Crippen LogP contribution in [-0.4, -0.2) is 18.8 Å². The molecular formula is C17H25Cl2NO. The monoisotopic (exact) mass is 329 g/mol. The highest BCUT2D eigenvalue weighted by atomic mass is 35.5. The fourth-order valence-electron chi connectivity index (χ4n) is 3.47. The normalized spacial score (nSPS) is 19.4. The summed E-state index contributed by atoms with van der Waals surface area (Å²) >= 11 is 12.6. The average molecular weight is 330 g/mol. The standard InChI is InChI=1S/C17H25Cl2NO/c1-3-20-16(14-12-13(18)8-9-15(14)19)17(21-4-2)10-6-5-7-11-17/h8-9,12,16,20H,3-7,10-11H2,1-2H3. The van der Waals surface area contributed by atoms with Gasteiger partial charge in [0.05, 0.1) is 11.6 Å².